The van der Waals surface area contributed by atoms with E-state index in [9.17, 15) is 8.42 Å². The molecular weight excluding hydrogens is 336 g/mol. The molecule has 1 aromatic carbocycles. The van der Waals surface area contributed by atoms with E-state index in [0.29, 0.717) is 17.3 Å². The van der Waals surface area contributed by atoms with E-state index in [1.807, 2.05) is 0 Å². The minimum absolute atomic E-state index is 0.0285. The Hall–Kier alpha value is -0.820. The number of hydrogen-bond donors (Lipinski definition) is 0. The predicted molar refractivity (Wildman–Crippen MR) is 92.7 cm³/mol. The second kappa shape index (κ2) is 7.83. The molecule has 2 rings (SSSR count). The van der Waals surface area contributed by atoms with Crippen LogP contribution >= 0.6 is 11.6 Å². The molecule has 0 radical (unpaired) electrons. The van der Waals surface area contributed by atoms with Crippen LogP contribution < -0.4 is 4.74 Å². The topological polar surface area (TPSA) is 49.9 Å². The molecule has 1 aliphatic rings. The van der Waals surface area contributed by atoms with E-state index in [2.05, 4.69) is 18.7 Å². The van der Waals surface area contributed by atoms with Crippen molar-refractivity contribution in [3.8, 4) is 5.75 Å². The van der Waals surface area contributed by atoms with Crippen molar-refractivity contribution >= 4 is 21.6 Å². The number of methoxy groups -OCH3 is 1. The summed E-state index contributed by atoms with van der Waals surface area (Å²) in [6.45, 7) is 7.39. The number of halogens is 1. The van der Waals surface area contributed by atoms with Gasteiger partial charge in [-0.1, -0.05) is 25.4 Å². The molecule has 0 saturated carbocycles. The quantitative estimate of drug-likeness (QED) is 0.750. The molecule has 1 aromatic rings. The van der Waals surface area contributed by atoms with Gasteiger partial charge in [0, 0.05) is 19.1 Å². The first-order valence-corrected chi connectivity index (χ1v) is 9.83. The van der Waals surface area contributed by atoms with Crippen LogP contribution in [-0.4, -0.2) is 57.0 Å². The monoisotopic (exact) mass is 360 g/mol. The van der Waals surface area contributed by atoms with Crippen molar-refractivity contribution in [2.45, 2.75) is 37.6 Å². The van der Waals surface area contributed by atoms with Gasteiger partial charge < -0.3 is 9.64 Å². The molecule has 0 spiro atoms. The standard InChI is InChI=1S/C16H25ClN2O3S/c1-4-18(5-2)12-13-7-6-10-19(13)23(20,21)14-8-9-16(22-3)15(17)11-14/h8-9,11,13H,4-7,10,12H2,1-3H3. The van der Waals surface area contributed by atoms with Gasteiger partial charge >= 0.3 is 0 Å². The Bertz CT molecular complexity index is 632. The maximum absolute atomic E-state index is 13.0. The molecule has 1 fully saturated rings. The number of sulfonamides is 1. The van der Waals surface area contributed by atoms with Crippen molar-refractivity contribution in [1.82, 2.24) is 9.21 Å². The molecule has 1 aliphatic heterocycles. The zero-order chi connectivity index (χ0) is 17.0. The van der Waals surface area contributed by atoms with Crippen LogP contribution in [0.5, 0.6) is 5.75 Å². The van der Waals surface area contributed by atoms with Crippen molar-refractivity contribution in [2.24, 2.45) is 0 Å². The van der Waals surface area contributed by atoms with Gasteiger partial charge in [0.05, 0.1) is 17.0 Å². The zero-order valence-corrected chi connectivity index (χ0v) is 15.5. The predicted octanol–water partition coefficient (Wildman–Crippen LogP) is 2.84. The first-order chi connectivity index (χ1) is 10.9. The van der Waals surface area contributed by atoms with Crippen LogP contribution in [0.15, 0.2) is 23.1 Å². The van der Waals surface area contributed by atoms with Gasteiger partial charge in [-0.15, -0.1) is 0 Å². The third-order valence-electron chi connectivity index (χ3n) is 4.42. The molecule has 0 aromatic heterocycles. The van der Waals surface area contributed by atoms with E-state index in [0.717, 1.165) is 32.5 Å². The van der Waals surface area contributed by atoms with Crippen LogP contribution in [0.4, 0.5) is 0 Å². The Morgan fingerprint density at radius 2 is 2.04 bits per heavy atom. The van der Waals surface area contributed by atoms with Crippen molar-refractivity contribution in [2.75, 3.05) is 33.3 Å². The van der Waals surface area contributed by atoms with Crippen molar-refractivity contribution in [1.29, 1.82) is 0 Å². The Balaban J connectivity index is 2.25. The molecule has 1 unspecified atom stereocenters. The third kappa shape index (κ3) is 3.99. The van der Waals surface area contributed by atoms with Gasteiger partial charge in [-0.05, 0) is 44.1 Å². The summed E-state index contributed by atoms with van der Waals surface area (Å²) in [4.78, 5) is 2.49. The van der Waals surface area contributed by atoms with Gasteiger partial charge in [-0.2, -0.15) is 4.31 Å². The third-order valence-corrected chi connectivity index (χ3v) is 6.66. The van der Waals surface area contributed by atoms with Crippen LogP contribution in [-0.2, 0) is 10.0 Å². The summed E-state index contributed by atoms with van der Waals surface area (Å²) >= 11 is 6.09. The molecule has 0 N–H and O–H groups in total. The highest BCUT2D eigenvalue weighted by atomic mass is 35.5. The summed E-state index contributed by atoms with van der Waals surface area (Å²) in [7, 11) is -2.02. The van der Waals surface area contributed by atoms with Gasteiger partial charge in [-0.25, -0.2) is 8.42 Å². The van der Waals surface area contributed by atoms with E-state index in [1.165, 1.54) is 13.2 Å². The first-order valence-electron chi connectivity index (χ1n) is 8.01. The van der Waals surface area contributed by atoms with Crippen LogP contribution in [0, 0.1) is 0 Å². The van der Waals surface area contributed by atoms with E-state index in [1.54, 1.807) is 16.4 Å². The summed E-state index contributed by atoms with van der Waals surface area (Å²) in [5, 5.41) is 0.313. The Labute approximate surface area is 144 Å². The average Bonchev–Trinajstić information content (AvgIpc) is 3.01. The number of benzene rings is 1. The molecule has 1 saturated heterocycles. The largest absolute Gasteiger partial charge is 0.495 e. The average molecular weight is 361 g/mol. The highest BCUT2D eigenvalue weighted by molar-refractivity contribution is 7.89. The lowest BCUT2D eigenvalue weighted by Crippen LogP contribution is -2.43. The molecule has 1 atom stereocenters. The van der Waals surface area contributed by atoms with Gasteiger partial charge in [0.2, 0.25) is 10.0 Å². The first kappa shape index (κ1) is 18.5. The van der Waals surface area contributed by atoms with Gasteiger partial charge in [-0.3, -0.25) is 0 Å². The SMILES string of the molecule is CCN(CC)CC1CCCN1S(=O)(=O)c1ccc(OC)c(Cl)c1. The van der Waals surface area contributed by atoms with Crippen molar-refractivity contribution in [3.05, 3.63) is 23.2 Å². The fraction of sp³-hybridized carbons (Fsp3) is 0.625. The summed E-state index contributed by atoms with van der Waals surface area (Å²) in [6.07, 6.45) is 1.80. The van der Waals surface area contributed by atoms with Gasteiger partial charge in [0.25, 0.3) is 0 Å². The van der Waals surface area contributed by atoms with Gasteiger partial charge in [0.1, 0.15) is 5.75 Å². The molecular formula is C16H25ClN2O3S. The number of rotatable bonds is 7. The maximum atomic E-state index is 13.0. The lowest BCUT2D eigenvalue weighted by atomic mass is 10.2. The second-order valence-electron chi connectivity index (χ2n) is 5.69. The highest BCUT2D eigenvalue weighted by Gasteiger charge is 2.36. The smallest absolute Gasteiger partial charge is 0.243 e. The number of ether oxygens (including phenoxy) is 1. The Morgan fingerprint density at radius 1 is 1.35 bits per heavy atom. The summed E-state index contributed by atoms with van der Waals surface area (Å²) in [5.74, 6) is 0.478. The van der Waals surface area contributed by atoms with Crippen LogP contribution in [0.1, 0.15) is 26.7 Å². The molecule has 0 amide bonds. The fourth-order valence-corrected chi connectivity index (χ4v) is 5.06. The molecule has 5 nitrogen and oxygen atoms in total. The molecule has 0 aliphatic carbocycles. The maximum Gasteiger partial charge on any atom is 0.243 e. The van der Waals surface area contributed by atoms with Crippen LogP contribution in [0.2, 0.25) is 5.02 Å². The Kier molecular flexibility index (Phi) is 6.31. The van der Waals surface area contributed by atoms with E-state index in [-0.39, 0.29) is 10.9 Å². The zero-order valence-electron chi connectivity index (χ0n) is 14.0. The van der Waals surface area contributed by atoms with E-state index < -0.39 is 10.0 Å². The molecule has 7 heteroatoms. The lowest BCUT2D eigenvalue weighted by Gasteiger charge is -2.29. The summed E-state index contributed by atoms with van der Waals surface area (Å²) < 4.78 is 32.6. The molecule has 0 bridgehead atoms. The summed E-state index contributed by atoms with van der Waals surface area (Å²) in [6, 6.07) is 4.67. The summed E-state index contributed by atoms with van der Waals surface area (Å²) in [5.41, 5.74) is 0. The number of nitrogens with zero attached hydrogens (tertiary/aromatic N) is 2. The van der Waals surface area contributed by atoms with Crippen LogP contribution in [0.3, 0.4) is 0 Å². The Morgan fingerprint density at radius 3 is 2.61 bits per heavy atom. The molecule has 23 heavy (non-hydrogen) atoms. The second-order valence-corrected chi connectivity index (χ2v) is 7.99. The van der Waals surface area contributed by atoms with Crippen molar-refractivity contribution in [3.63, 3.8) is 0 Å². The minimum Gasteiger partial charge on any atom is -0.495 e. The molecule has 130 valence electrons. The fourth-order valence-electron chi connectivity index (χ4n) is 3.03. The number of likely N-dealkylation sites (N-methyl/N-ethyl adjacent to an activating group) is 1. The van der Waals surface area contributed by atoms with Crippen LogP contribution in [0.25, 0.3) is 0 Å². The van der Waals surface area contributed by atoms with Crippen molar-refractivity contribution < 1.29 is 13.2 Å². The molecule has 1 heterocycles. The van der Waals surface area contributed by atoms with E-state index in [4.69, 9.17) is 16.3 Å². The van der Waals surface area contributed by atoms with Gasteiger partial charge in [0.15, 0.2) is 0 Å². The van der Waals surface area contributed by atoms with E-state index >= 15 is 0 Å². The minimum atomic E-state index is -3.53. The highest BCUT2D eigenvalue weighted by Crippen LogP contribution is 2.31. The number of hydrogen-bond acceptors (Lipinski definition) is 4. The normalized spacial score (nSPS) is 19.4. The lowest BCUT2D eigenvalue weighted by molar-refractivity contribution is 0.237.